The Labute approximate surface area is 232 Å². The fourth-order valence-electron chi connectivity index (χ4n) is 3.66. The lowest BCUT2D eigenvalue weighted by molar-refractivity contribution is -0.142. The van der Waals surface area contributed by atoms with Gasteiger partial charge >= 0.3 is 12.0 Å². The number of carbonyl (C=O) groups excluding carboxylic acids is 3. The monoisotopic (exact) mass is 562 g/mol. The number of thioether (sulfide) groups is 1. The second-order valence-electron chi connectivity index (χ2n) is 9.22. The number of benzene rings is 2. The number of hydrogen-bond acceptors (Lipinski definition) is 5. The number of carbonyl (C=O) groups is 4. The molecule has 0 aliphatic heterocycles. The normalized spacial score (nSPS) is 13.2. The van der Waals surface area contributed by atoms with Gasteiger partial charge in [-0.25, -0.2) is 9.59 Å². The number of hydrogen-bond donors (Lipinski definition) is 5. The van der Waals surface area contributed by atoms with Gasteiger partial charge in [-0.15, -0.1) is 0 Å². The van der Waals surface area contributed by atoms with Gasteiger partial charge in [-0.3, -0.25) is 9.59 Å². The first-order valence-corrected chi connectivity index (χ1v) is 14.1. The molecule has 38 heavy (non-hydrogen) atoms. The van der Waals surface area contributed by atoms with Crippen LogP contribution in [0.15, 0.2) is 54.6 Å². The average molecular weight is 563 g/mol. The number of anilines is 1. The van der Waals surface area contributed by atoms with Crippen LogP contribution in [0.5, 0.6) is 0 Å². The predicted octanol–water partition coefficient (Wildman–Crippen LogP) is 3.93. The Morgan fingerprint density at radius 3 is 2.05 bits per heavy atom. The molecular weight excluding hydrogens is 528 g/mol. The maximum absolute atomic E-state index is 13.2. The van der Waals surface area contributed by atoms with Crippen molar-refractivity contribution in [3.05, 3.63) is 65.2 Å². The highest BCUT2D eigenvalue weighted by Gasteiger charge is 2.30. The summed E-state index contributed by atoms with van der Waals surface area (Å²) in [6, 6.07) is 11.9. The molecule has 0 fully saturated rings. The highest BCUT2D eigenvalue weighted by atomic mass is 35.5. The Morgan fingerprint density at radius 2 is 1.47 bits per heavy atom. The van der Waals surface area contributed by atoms with Crippen molar-refractivity contribution in [3.63, 3.8) is 0 Å². The first-order chi connectivity index (χ1) is 18.1. The standard InChI is InChI=1S/C27H35ClN4O5S/c1-17(2)15-22(25(34)31-23(26(35)36)16-18-7-5-4-6-8-18)30-24(33)21(13-14-38-3)32-27(37)29-20-11-9-19(28)10-12-20/h4-12,17,21-23H,13-16H2,1-3H3,(H,30,33)(H,31,34)(H,35,36)(H2,29,32,37)/t21-,22-,23-/m0/s1. The molecule has 3 atom stereocenters. The van der Waals surface area contributed by atoms with Crippen molar-refractivity contribution < 1.29 is 24.3 Å². The number of rotatable bonds is 14. The van der Waals surface area contributed by atoms with Crippen molar-refractivity contribution in [2.45, 2.75) is 51.2 Å². The number of halogens is 1. The summed E-state index contributed by atoms with van der Waals surface area (Å²) in [5.41, 5.74) is 1.27. The zero-order valence-corrected chi connectivity index (χ0v) is 23.3. The van der Waals surface area contributed by atoms with E-state index in [2.05, 4.69) is 21.3 Å². The highest BCUT2D eigenvalue weighted by molar-refractivity contribution is 7.98. The molecule has 0 bridgehead atoms. The summed E-state index contributed by atoms with van der Waals surface area (Å²) in [7, 11) is 0. The molecule has 2 aromatic rings. The molecule has 11 heteroatoms. The fraction of sp³-hybridized carbons (Fsp3) is 0.407. The molecule has 0 aromatic heterocycles. The van der Waals surface area contributed by atoms with Crippen molar-refractivity contribution in [1.29, 1.82) is 0 Å². The van der Waals surface area contributed by atoms with Crippen molar-refractivity contribution in [3.8, 4) is 0 Å². The second-order valence-corrected chi connectivity index (χ2v) is 10.6. The Kier molecular flexibility index (Phi) is 12.9. The first-order valence-electron chi connectivity index (χ1n) is 12.3. The molecule has 0 aliphatic rings. The summed E-state index contributed by atoms with van der Waals surface area (Å²) >= 11 is 7.40. The Balaban J connectivity index is 2.10. The minimum absolute atomic E-state index is 0.0364. The third kappa shape index (κ3) is 11.0. The maximum Gasteiger partial charge on any atom is 0.326 e. The summed E-state index contributed by atoms with van der Waals surface area (Å²) in [6.45, 7) is 3.79. The van der Waals surface area contributed by atoms with E-state index < -0.39 is 41.9 Å². The molecule has 0 unspecified atom stereocenters. The summed E-state index contributed by atoms with van der Waals surface area (Å²) in [4.78, 5) is 50.8. The molecule has 0 heterocycles. The van der Waals surface area contributed by atoms with Crippen LogP contribution >= 0.6 is 23.4 Å². The van der Waals surface area contributed by atoms with Gasteiger partial charge in [0, 0.05) is 17.1 Å². The van der Waals surface area contributed by atoms with Gasteiger partial charge in [0.25, 0.3) is 0 Å². The zero-order valence-electron chi connectivity index (χ0n) is 21.7. The van der Waals surface area contributed by atoms with Crippen LogP contribution in [0.3, 0.4) is 0 Å². The van der Waals surface area contributed by atoms with E-state index in [1.807, 2.05) is 26.2 Å². The molecule has 2 aromatic carbocycles. The number of urea groups is 1. The van der Waals surface area contributed by atoms with Gasteiger partial charge in [-0.2, -0.15) is 11.8 Å². The largest absolute Gasteiger partial charge is 0.480 e. The SMILES string of the molecule is CSCC[C@H](NC(=O)Nc1ccc(Cl)cc1)C(=O)N[C@@H](CC(C)C)C(=O)N[C@@H](Cc1ccccc1)C(=O)O. The van der Waals surface area contributed by atoms with E-state index in [4.69, 9.17) is 11.6 Å². The van der Waals surface area contributed by atoms with E-state index in [1.54, 1.807) is 48.5 Å². The Hall–Kier alpha value is -3.24. The number of amides is 4. The van der Waals surface area contributed by atoms with E-state index in [9.17, 15) is 24.3 Å². The van der Waals surface area contributed by atoms with E-state index in [1.165, 1.54) is 11.8 Å². The third-order valence-corrected chi connectivity index (χ3v) is 6.47. The van der Waals surface area contributed by atoms with Crippen LogP contribution in [0.4, 0.5) is 10.5 Å². The van der Waals surface area contributed by atoms with Crippen LogP contribution in [0.25, 0.3) is 0 Å². The van der Waals surface area contributed by atoms with Crippen molar-refractivity contribution in [2.24, 2.45) is 5.92 Å². The lowest BCUT2D eigenvalue weighted by Gasteiger charge is -2.25. The van der Waals surface area contributed by atoms with Crippen LogP contribution in [0, 0.1) is 5.92 Å². The summed E-state index contributed by atoms with van der Waals surface area (Å²) in [6.07, 6.45) is 2.62. The van der Waals surface area contributed by atoms with E-state index in [0.29, 0.717) is 29.3 Å². The third-order valence-electron chi connectivity index (χ3n) is 5.57. The number of carboxylic acid groups (broad SMARTS) is 1. The smallest absolute Gasteiger partial charge is 0.326 e. The van der Waals surface area contributed by atoms with Crippen LogP contribution < -0.4 is 21.3 Å². The maximum atomic E-state index is 13.2. The topological polar surface area (TPSA) is 137 Å². The molecule has 0 radical (unpaired) electrons. The van der Waals surface area contributed by atoms with Gasteiger partial charge in [0.05, 0.1) is 0 Å². The number of nitrogens with one attached hydrogen (secondary N) is 4. The van der Waals surface area contributed by atoms with Gasteiger partial charge in [0.15, 0.2) is 0 Å². The summed E-state index contributed by atoms with van der Waals surface area (Å²) < 4.78 is 0. The van der Waals surface area contributed by atoms with E-state index in [-0.39, 0.29) is 12.3 Å². The quantitative estimate of drug-likeness (QED) is 0.237. The lowest BCUT2D eigenvalue weighted by atomic mass is 10.0. The predicted molar refractivity (Wildman–Crippen MR) is 151 cm³/mol. The average Bonchev–Trinajstić information content (AvgIpc) is 2.87. The molecule has 0 saturated carbocycles. The van der Waals surface area contributed by atoms with Crippen LogP contribution in [0.1, 0.15) is 32.3 Å². The molecular formula is C27H35ClN4O5S. The van der Waals surface area contributed by atoms with E-state index >= 15 is 0 Å². The first kappa shape index (κ1) is 31.0. The molecule has 5 N–H and O–H groups in total. The number of carboxylic acids is 1. The van der Waals surface area contributed by atoms with Crippen LogP contribution in [-0.2, 0) is 20.8 Å². The summed E-state index contributed by atoms with van der Waals surface area (Å²) in [5.74, 6) is -1.66. The molecule has 206 valence electrons. The van der Waals surface area contributed by atoms with Crippen molar-refractivity contribution in [2.75, 3.05) is 17.3 Å². The molecule has 9 nitrogen and oxygen atoms in total. The molecule has 0 aliphatic carbocycles. The minimum atomic E-state index is -1.17. The van der Waals surface area contributed by atoms with Gasteiger partial charge in [-0.05, 0) is 60.6 Å². The van der Waals surface area contributed by atoms with Crippen molar-refractivity contribution >= 4 is 52.9 Å². The van der Waals surface area contributed by atoms with Crippen molar-refractivity contribution in [1.82, 2.24) is 16.0 Å². The summed E-state index contributed by atoms with van der Waals surface area (Å²) in [5, 5.41) is 20.8. The molecule has 2 rings (SSSR count). The highest BCUT2D eigenvalue weighted by Crippen LogP contribution is 2.14. The fourth-order valence-corrected chi connectivity index (χ4v) is 4.26. The van der Waals surface area contributed by atoms with Gasteiger partial charge in [0.2, 0.25) is 11.8 Å². The Morgan fingerprint density at radius 1 is 0.868 bits per heavy atom. The lowest BCUT2D eigenvalue weighted by Crippen LogP contribution is -2.56. The molecule has 0 spiro atoms. The van der Waals surface area contributed by atoms with Crippen LogP contribution in [-0.4, -0.2) is 59.1 Å². The Bertz CT molecular complexity index is 1070. The van der Waals surface area contributed by atoms with E-state index in [0.717, 1.165) is 5.56 Å². The minimum Gasteiger partial charge on any atom is -0.480 e. The molecule has 4 amide bonds. The van der Waals surface area contributed by atoms with Gasteiger partial charge in [-0.1, -0.05) is 55.8 Å². The zero-order chi connectivity index (χ0) is 28.1. The number of aliphatic carboxylic acids is 1. The van der Waals surface area contributed by atoms with Gasteiger partial charge < -0.3 is 26.4 Å². The van der Waals surface area contributed by atoms with Crippen LogP contribution in [0.2, 0.25) is 5.02 Å². The molecule has 0 saturated heterocycles. The van der Waals surface area contributed by atoms with Gasteiger partial charge in [0.1, 0.15) is 18.1 Å². The second kappa shape index (κ2) is 15.9.